The molecular weight excluding hydrogens is 407 g/mol. The molecule has 5 rings (SSSR count). The first kappa shape index (κ1) is 20.5. The summed E-state index contributed by atoms with van der Waals surface area (Å²) in [5.41, 5.74) is 11.5. The number of amides is 1. The van der Waals surface area contributed by atoms with Crippen LogP contribution in [0.2, 0.25) is 0 Å². The third-order valence-electron chi connectivity index (χ3n) is 6.18. The van der Waals surface area contributed by atoms with Crippen molar-refractivity contribution >= 4 is 27.7 Å². The Morgan fingerprint density at radius 2 is 2.12 bits per heavy atom. The van der Waals surface area contributed by atoms with Crippen molar-refractivity contribution in [1.29, 1.82) is 0 Å². The number of aromatic amines is 1. The standard InChI is InChI=1S/C25H25FN4O2/c1-14(27)25(31)30-10-9-17-21(13-30)28-20(12-15-7-8-22(32-2)18(26)11-15)24-23(17)16-5-3-4-6-19(16)29-24/h3-8,11,14,29H,9-10,12-13,27H2,1-2H3/t14-/m0/s1. The molecule has 6 nitrogen and oxygen atoms in total. The van der Waals surface area contributed by atoms with Crippen molar-refractivity contribution in [3.05, 3.63) is 70.8 Å². The fraction of sp³-hybridized carbons (Fsp3) is 0.280. The zero-order chi connectivity index (χ0) is 22.4. The number of nitrogens with zero attached hydrogens (tertiary/aromatic N) is 2. The van der Waals surface area contributed by atoms with Crippen LogP contribution in [0.4, 0.5) is 4.39 Å². The van der Waals surface area contributed by atoms with Gasteiger partial charge in [0.05, 0.1) is 36.6 Å². The summed E-state index contributed by atoms with van der Waals surface area (Å²) in [6.07, 6.45) is 1.18. The molecule has 0 aliphatic carbocycles. The molecule has 0 fully saturated rings. The van der Waals surface area contributed by atoms with Crippen molar-refractivity contribution in [3.8, 4) is 5.75 Å². The second-order valence-electron chi connectivity index (χ2n) is 8.35. The normalized spacial score (nSPS) is 14.6. The molecule has 4 aromatic rings. The minimum absolute atomic E-state index is 0.0738. The molecule has 1 aliphatic heterocycles. The van der Waals surface area contributed by atoms with Gasteiger partial charge in [0.15, 0.2) is 11.6 Å². The van der Waals surface area contributed by atoms with Crippen molar-refractivity contribution in [1.82, 2.24) is 14.9 Å². The summed E-state index contributed by atoms with van der Waals surface area (Å²) in [5, 5.41) is 2.28. The number of hydrogen-bond acceptors (Lipinski definition) is 4. The van der Waals surface area contributed by atoms with Gasteiger partial charge < -0.3 is 20.4 Å². The maximum atomic E-state index is 14.3. The van der Waals surface area contributed by atoms with Gasteiger partial charge in [0, 0.05) is 29.3 Å². The van der Waals surface area contributed by atoms with Gasteiger partial charge in [-0.05, 0) is 42.7 Å². The van der Waals surface area contributed by atoms with E-state index in [2.05, 4.69) is 11.1 Å². The number of ether oxygens (including phenoxy) is 1. The van der Waals surface area contributed by atoms with Crippen LogP contribution in [0.15, 0.2) is 42.5 Å². The molecule has 0 radical (unpaired) electrons. The Balaban J connectivity index is 1.66. The van der Waals surface area contributed by atoms with Gasteiger partial charge in [-0.3, -0.25) is 9.78 Å². The van der Waals surface area contributed by atoms with Crippen molar-refractivity contribution in [2.45, 2.75) is 32.4 Å². The SMILES string of the molecule is COc1ccc(Cc2nc3c(c4c2[nH]c2ccccc24)CCN(C(=O)[C@H](C)N)C3)cc1F. The number of aromatic nitrogens is 2. The number of hydrogen-bond donors (Lipinski definition) is 2. The molecule has 3 N–H and O–H groups in total. The second-order valence-corrected chi connectivity index (χ2v) is 8.35. The number of carbonyl (C=O) groups excluding carboxylic acids is 1. The quantitative estimate of drug-likeness (QED) is 0.515. The van der Waals surface area contributed by atoms with Crippen molar-refractivity contribution < 1.29 is 13.9 Å². The van der Waals surface area contributed by atoms with Crippen molar-refractivity contribution in [3.63, 3.8) is 0 Å². The molecule has 0 saturated heterocycles. The van der Waals surface area contributed by atoms with Crippen LogP contribution in [0.25, 0.3) is 21.8 Å². The topological polar surface area (TPSA) is 84.2 Å². The minimum atomic E-state index is -0.546. The summed E-state index contributed by atoms with van der Waals surface area (Å²) in [6.45, 7) is 2.75. The highest BCUT2D eigenvalue weighted by atomic mass is 19.1. The highest BCUT2D eigenvalue weighted by Gasteiger charge is 2.27. The van der Waals surface area contributed by atoms with Gasteiger partial charge in [0.25, 0.3) is 0 Å². The number of halogens is 1. The molecule has 164 valence electrons. The molecule has 2 aromatic carbocycles. The predicted octanol–water partition coefficient (Wildman–Crippen LogP) is 3.69. The van der Waals surface area contributed by atoms with Crippen LogP contribution in [-0.2, 0) is 24.2 Å². The van der Waals surface area contributed by atoms with E-state index in [4.69, 9.17) is 15.5 Å². The van der Waals surface area contributed by atoms with E-state index in [0.717, 1.165) is 50.7 Å². The van der Waals surface area contributed by atoms with Crippen molar-refractivity contribution in [2.24, 2.45) is 5.73 Å². The molecule has 0 spiro atoms. The maximum Gasteiger partial charge on any atom is 0.239 e. The molecule has 1 aliphatic rings. The van der Waals surface area contributed by atoms with E-state index in [9.17, 15) is 9.18 Å². The number of nitrogens with one attached hydrogen (secondary N) is 1. The molecule has 32 heavy (non-hydrogen) atoms. The van der Waals surface area contributed by atoms with Gasteiger partial charge >= 0.3 is 0 Å². The molecule has 2 aromatic heterocycles. The average Bonchev–Trinajstić information content (AvgIpc) is 3.18. The van der Waals surface area contributed by atoms with Gasteiger partial charge in [-0.15, -0.1) is 0 Å². The van der Waals surface area contributed by atoms with E-state index >= 15 is 0 Å². The van der Waals surface area contributed by atoms with Crippen LogP contribution < -0.4 is 10.5 Å². The summed E-state index contributed by atoms with van der Waals surface area (Å²) in [7, 11) is 1.45. The van der Waals surface area contributed by atoms with Gasteiger partial charge in [-0.25, -0.2) is 4.39 Å². The number of pyridine rings is 1. The highest BCUT2D eigenvalue weighted by Crippen LogP contribution is 2.35. The lowest BCUT2D eigenvalue weighted by molar-refractivity contribution is -0.133. The Kier molecular flexibility index (Phi) is 5.06. The Morgan fingerprint density at radius 3 is 2.88 bits per heavy atom. The Morgan fingerprint density at radius 1 is 1.31 bits per heavy atom. The van der Waals surface area contributed by atoms with Crippen LogP contribution in [0.5, 0.6) is 5.75 Å². The van der Waals surface area contributed by atoms with Crippen LogP contribution in [0.3, 0.4) is 0 Å². The van der Waals surface area contributed by atoms with Crippen LogP contribution in [-0.4, -0.2) is 40.5 Å². The number of nitrogens with two attached hydrogens (primary N) is 1. The number of para-hydroxylation sites is 1. The van der Waals surface area contributed by atoms with Gasteiger partial charge in [0.1, 0.15) is 0 Å². The number of benzene rings is 2. The highest BCUT2D eigenvalue weighted by molar-refractivity contribution is 6.10. The lowest BCUT2D eigenvalue weighted by Crippen LogP contribution is -2.44. The number of fused-ring (bicyclic) bond motifs is 5. The first-order valence-corrected chi connectivity index (χ1v) is 10.7. The monoisotopic (exact) mass is 432 g/mol. The fourth-order valence-corrected chi connectivity index (χ4v) is 4.63. The summed E-state index contributed by atoms with van der Waals surface area (Å²) in [6, 6.07) is 12.6. The largest absolute Gasteiger partial charge is 0.494 e. The first-order chi connectivity index (χ1) is 15.5. The van der Waals surface area contributed by atoms with E-state index in [1.807, 2.05) is 24.3 Å². The number of methoxy groups -OCH3 is 1. The second kappa shape index (κ2) is 7.91. The lowest BCUT2D eigenvalue weighted by Gasteiger charge is -2.30. The van der Waals surface area contributed by atoms with Crippen molar-refractivity contribution in [2.75, 3.05) is 13.7 Å². The summed E-state index contributed by atoms with van der Waals surface area (Å²) >= 11 is 0. The van der Waals surface area contributed by atoms with Crippen LogP contribution in [0, 0.1) is 5.82 Å². The van der Waals surface area contributed by atoms with Crippen LogP contribution in [0.1, 0.15) is 29.4 Å². The Labute approximate surface area is 185 Å². The summed E-state index contributed by atoms with van der Waals surface area (Å²) in [5.74, 6) is -0.257. The number of rotatable bonds is 4. The summed E-state index contributed by atoms with van der Waals surface area (Å²) in [4.78, 5) is 22.8. The number of carbonyl (C=O) groups is 1. The molecule has 0 unspecified atom stereocenters. The molecule has 0 saturated carbocycles. The van der Waals surface area contributed by atoms with Gasteiger partial charge in [0.2, 0.25) is 5.91 Å². The zero-order valence-electron chi connectivity index (χ0n) is 18.1. The average molecular weight is 432 g/mol. The predicted molar refractivity (Wildman–Crippen MR) is 122 cm³/mol. The maximum absolute atomic E-state index is 14.3. The third kappa shape index (κ3) is 3.39. The summed E-state index contributed by atoms with van der Waals surface area (Å²) < 4.78 is 19.4. The van der Waals surface area contributed by atoms with Gasteiger partial charge in [-0.2, -0.15) is 0 Å². The van der Waals surface area contributed by atoms with E-state index in [-0.39, 0.29) is 11.7 Å². The smallest absolute Gasteiger partial charge is 0.239 e. The van der Waals surface area contributed by atoms with E-state index in [0.29, 0.717) is 19.5 Å². The molecule has 1 amide bonds. The third-order valence-corrected chi connectivity index (χ3v) is 6.18. The molecule has 3 heterocycles. The Bertz CT molecular complexity index is 1350. The molecule has 7 heteroatoms. The number of H-pyrrole nitrogens is 1. The minimum Gasteiger partial charge on any atom is -0.494 e. The molecule has 1 atom stereocenters. The molecule has 0 bridgehead atoms. The lowest BCUT2D eigenvalue weighted by atomic mass is 9.96. The van der Waals surface area contributed by atoms with E-state index in [1.54, 1.807) is 17.9 Å². The van der Waals surface area contributed by atoms with Gasteiger partial charge in [-0.1, -0.05) is 24.3 Å². The van der Waals surface area contributed by atoms with E-state index in [1.165, 1.54) is 13.2 Å². The molecular formula is C25H25FN4O2. The Hall–Kier alpha value is -3.45. The first-order valence-electron chi connectivity index (χ1n) is 10.7. The van der Waals surface area contributed by atoms with E-state index < -0.39 is 11.9 Å². The fourth-order valence-electron chi connectivity index (χ4n) is 4.63. The zero-order valence-corrected chi connectivity index (χ0v) is 18.1. The van der Waals surface area contributed by atoms with Crippen LogP contribution >= 0.6 is 0 Å².